The van der Waals surface area contributed by atoms with Crippen molar-refractivity contribution in [2.24, 2.45) is 0 Å². The van der Waals surface area contributed by atoms with Gasteiger partial charge in [0.2, 0.25) is 0 Å². The normalized spacial score (nSPS) is 18.0. The molecule has 0 bridgehead atoms. The molecule has 1 aromatic rings. The minimum atomic E-state index is 0.0468. The van der Waals surface area contributed by atoms with Crippen molar-refractivity contribution in [3.63, 3.8) is 0 Å². The summed E-state index contributed by atoms with van der Waals surface area (Å²) in [5, 5.41) is 0. The maximum atomic E-state index is 12.7. The van der Waals surface area contributed by atoms with E-state index in [4.69, 9.17) is 9.47 Å². The predicted molar refractivity (Wildman–Crippen MR) is 86.6 cm³/mol. The molecule has 0 aliphatic carbocycles. The molecule has 1 fully saturated rings. The SMILES string of the molecule is COc1cc(OC)cc(C(=O)N2CCSC(C)(C)CC2)c1. The van der Waals surface area contributed by atoms with E-state index in [9.17, 15) is 4.79 Å². The molecule has 1 amide bonds. The smallest absolute Gasteiger partial charge is 0.254 e. The molecule has 0 radical (unpaired) electrons. The van der Waals surface area contributed by atoms with E-state index in [-0.39, 0.29) is 10.7 Å². The molecular weight excluding hydrogens is 286 g/mol. The van der Waals surface area contributed by atoms with Gasteiger partial charge in [0.1, 0.15) is 11.5 Å². The van der Waals surface area contributed by atoms with Crippen LogP contribution in [0, 0.1) is 0 Å². The second-order valence-electron chi connectivity index (χ2n) is 5.75. The summed E-state index contributed by atoms with van der Waals surface area (Å²) in [4.78, 5) is 14.6. The highest BCUT2D eigenvalue weighted by atomic mass is 32.2. The van der Waals surface area contributed by atoms with E-state index in [2.05, 4.69) is 13.8 Å². The molecular formula is C16H23NO3S. The van der Waals surface area contributed by atoms with Crippen LogP contribution in [0.25, 0.3) is 0 Å². The monoisotopic (exact) mass is 309 g/mol. The molecule has 0 aromatic heterocycles. The van der Waals surface area contributed by atoms with Gasteiger partial charge in [-0.3, -0.25) is 4.79 Å². The van der Waals surface area contributed by atoms with Crippen molar-refractivity contribution < 1.29 is 14.3 Å². The Kier molecular flexibility index (Phi) is 5.04. The first kappa shape index (κ1) is 16.0. The van der Waals surface area contributed by atoms with E-state index in [1.165, 1.54) is 0 Å². The number of ether oxygens (including phenoxy) is 2. The van der Waals surface area contributed by atoms with E-state index in [0.717, 1.165) is 25.3 Å². The Labute approximate surface area is 130 Å². The van der Waals surface area contributed by atoms with Gasteiger partial charge in [-0.05, 0) is 18.6 Å². The van der Waals surface area contributed by atoms with Crippen molar-refractivity contribution in [3.8, 4) is 11.5 Å². The topological polar surface area (TPSA) is 38.8 Å². The molecule has 0 unspecified atom stereocenters. The summed E-state index contributed by atoms with van der Waals surface area (Å²) >= 11 is 1.93. The van der Waals surface area contributed by atoms with Gasteiger partial charge in [-0.15, -0.1) is 0 Å². The molecule has 1 aliphatic rings. The van der Waals surface area contributed by atoms with Crippen LogP contribution in [0.3, 0.4) is 0 Å². The molecule has 4 nitrogen and oxygen atoms in total. The van der Waals surface area contributed by atoms with Crippen LogP contribution in [0.1, 0.15) is 30.6 Å². The average molecular weight is 309 g/mol. The maximum absolute atomic E-state index is 12.7. The Bertz CT molecular complexity index is 494. The molecule has 5 heteroatoms. The summed E-state index contributed by atoms with van der Waals surface area (Å²) in [5.41, 5.74) is 0.621. The third-order valence-corrected chi connectivity index (χ3v) is 5.10. The Morgan fingerprint density at radius 1 is 1.14 bits per heavy atom. The Balaban J connectivity index is 2.19. The third kappa shape index (κ3) is 4.06. The number of carbonyl (C=O) groups is 1. The lowest BCUT2D eigenvalue weighted by Crippen LogP contribution is -2.33. The van der Waals surface area contributed by atoms with Crippen molar-refractivity contribution in [2.45, 2.75) is 25.0 Å². The van der Waals surface area contributed by atoms with Gasteiger partial charge in [-0.25, -0.2) is 0 Å². The predicted octanol–water partition coefficient (Wildman–Crippen LogP) is 3.06. The van der Waals surface area contributed by atoms with Gasteiger partial charge in [-0.1, -0.05) is 13.8 Å². The van der Waals surface area contributed by atoms with Gasteiger partial charge in [0.05, 0.1) is 14.2 Å². The number of thioether (sulfide) groups is 1. The standard InChI is InChI=1S/C16H23NO3S/c1-16(2)5-6-17(7-8-21-16)15(18)12-9-13(19-3)11-14(10-12)20-4/h9-11H,5-8H2,1-4H3. The van der Waals surface area contributed by atoms with Crippen LogP contribution in [0.15, 0.2) is 18.2 Å². The van der Waals surface area contributed by atoms with Crippen LogP contribution in [-0.2, 0) is 0 Å². The second kappa shape index (κ2) is 6.60. The first-order valence-electron chi connectivity index (χ1n) is 7.11. The Morgan fingerprint density at radius 2 is 1.76 bits per heavy atom. The zero-order chi connectivity index (χ0) is 15.5. The van der Waals surface area contributed by atoms with Crippen LogP contribution in [0.2, 0.25) is 0 Å². The van der Waals surface area contributed by atoms with E-state index in [0.29, 0.717) is 17.1 Å². The van der Waals surface area contributed by atoms with Crippen LogP contribution in [0.5, 0.6) is 11.5 Å². The van der Waals surface area contributed by atoms with E-state index in [1.807, 2.05) is 16.7 Å². The lowest BCUT2D eigenvalue weighted by Gasteiger charge is -2.23. The van der Waals surface area contributed by atoms with Gasteiger partial charge in [0.25, 0.3) is 5.91 Å². The van der Waals surface area contributed by atoms with Gasteiger partial charge in [0, 0.05) is 35.2 Å². The Hall–Kier alpha value is -1.36. The summed E-state index contributed by atoms with van der Waals surface area (Å²) < 4.78 is 10.7. The summed E-state index contributed by atoms with van der Waals surface area (Å²) in [7, 11) is 3.18. The number of hydrogen-bond donors (Lipinski definition) is 0. The zero-order valence-electron chi connectivity index (χ0n) is 13.1. The average Bonchev–Trinajstić information content (AvgIpc) is 2.66. The molecule has 116 valence electrons. The number of carbonyl (C=O) groups excluding carboxylic acids is 1. The van der Waals surface area contributed by atoms with E-state index in [1.54, 1.807) is 32.4 Å². The maximum Gasteiger partial charge on any atom is 0.254 e. The first-order valence-corrected chi connectivity index (χ1v) is 8.10. The van der Waals surface area contributed by atoms with Crippen molar-refractivity contribution in [2.75, 3.05) is 33.1 Å². The van der Waals surface area contributed by atoms with Gasteiger partial charge in [0.15, 0.2) is 0 Å². The highest BCUT2D eigenvalue weighted by Crippen LogP contribution is 2.31. The molecule has 1 saturated heterocycles. The number of amides is 1. The minimum absolute atomic E-state index is 0.0468. The van der Waals surface area contributed by atoms with Gasteiger partial charge >= 0.3 is 0 Å². The molecule has 0 atom stereocenters. The quantitative estimate of drug-likeness (QED) is 0.860. The molecule has 0 N–H and O–H groups in total. The highest BCUT2D eigenvalue weighted by molar-refractivity contribution is 8.00. The van der Waals surface area contributed by atoms with Crippen molar-refractivity contribution in [1.82, 2.24) is 4.90 Å². The largest absolute Gasteiger partial charge is 0.497 e. The van der Waals surface area contributed by atoms with Crippen LogP contribution >= 0.6 is 11.8 Å². The fourth-order valence-corrected chi connectivity index (χ4v) is 3.44. The number of methoxy groups -OCH3 is 2. The van der Waals surface area contributed by atoms with Gasteiger partial charge < -0.3 is 14.4 Å². The molecule has 0 saturated carbocycles. The minimum Gasteiger partial charge on any atom is -0.497 e. The molecule has 21 heavy (non-hydrogen) atoms. The summed E-state index contributed by atoms with van der Waals surface area (Å²) in [6.07, 6.45) is 1.00. The zero-order valence-corrected chi connectivity index (χ0v) is 14.0. The van der Waals surface area contributed by atoms with E-state index >= 15 is 0 Å². The van der Waals surface area contributed by atoms with E-state index < -0.39 is 0 Å². The molecule has 1 aromatic carbocycles. The lowest BCUT2D eigenvalue weighted by atomic mass is 10.1. The van der Waals surface area contributed by atoms with Crippen LogP contribution in [-0.4, -0.2) is 48.6 Å². The van der Waals surface area contributed by atoms with Crippen molar-refractivity contribution in [1.29, 1.82) is 0 Å². The molecule has 1 aliphatic heterocycles. The van der Waals surface area contributed by atoms with Crippen LogP contribution in [0.4, 0.5) is 0 Å². The summed E-state index contributed by atoms with van der Waals surface area (Å²) in [6, 6.07) is 5.32. The summed E-state index contributed by atoms with van der Waals surface area (Å²) in [5.74, 6) is 2.30. The molecule has 2 rings (SSSR count). The third-order valence-electron chi connectivity index (χ3n) is 3.72. The number of hydrogen-bond acceptors (Lipinski definition) is 4. The Morgan fingerprint density at radius 3 is 2.33 bits per heavy atom. The molecule has 1 heterocycles. The lowest BCUT2D eigenvalue weighted by molar-refractivity contribution is 0.0764. The number of benzene rings is 1. The van der Waals surface area contributed by atoms with Crippen molar-refractivity contribution in [3.05, 3.63) is 23.8 Å². The second-order valence-corrected chi connectivity index (χ2v) is 7.55. The molecule has 0 spiro atoms. The fraction of sp³-hybridized carbons (Fsp3) is 0.562. The number of nitrogens with zero attached hydrogens (tertiary/aromatic N) is 1. The summed E-state index contributed by atoms with van der Waals surface area (Å²) in [6.45, 7) is 6.05. The van der Waals surface area contributed by atoms with Crippen LogP contribution < -0.4 is 9.47 Å². The first-order chi connectivity index (χ1) is 9.95. The fourth-order valence-electron chi connectivity index (χ4n) is 2.34. The van der Waals surface area contributed by atoms with Gasteiger partial charge in [-0.2, -0.15) is 11.8 Å². The van der Waals surface area contributed by atoms with Crippen molar-refractivity contribution >= 4 is 17.7 Å². The number of rotatable bonds is 3. The highest BCUT2D eigenvalue weighted by Gasteiger charge is 2.26.